The minimum atomic E-state index is -0.145. The molecule has 2 rings (SSSR count). The largest absolute Gasteiger partial charge is 0.395 e. The number of rotatable bonds is 4. The Morgan fingerprint density at radius 2 is 2.33 bits per heavy atom. The van der Waals surface area contributed by atoms with E-state index in [9.17, 15) is 4.79 Å². The number of hydrogen-bond acceptors (Lipinski definition) is 4. The van der Waals surface area contributed by atoms with Crippen molar-refractivity contribution in [2.24, 2.45) is 0 Å². The summed E-state index contributed by atoms with van der Waals surface area (Å²) in [5.41, 5.74) is 4.98. The first-order valence-electron chi connectivity index (χ1n) is 6.56. The number of aromatic nitrogens is 1. The number of aliphatic hydroxyl groups excluding tert-OH is 1. The van der Waals surface area contributed by atoms with Crippen LogP contribution < -0.4 is 5.32 Å². The summed E-state index contributed by atoms with van der Waals surface area (Å²) in [6, 6.07) is 5.43. The van der Waals surface area contributed by atoms with Crippen molar-refractivity contribution in [2.75, 3.05) is 6.61 Å². The molecule has 5 heteroatoms. The second-order valence-electron chi connectivity index (χ2n) is 4.47. The van der Waals surface area contributed by atoms with Gasteiger partial charge in [0.25, 0.3) is 5.91 Å². The normalized spacial score (nSPS) is 9.81. The topological polar surface area (TPSA) is 62.2 Å². The number of thiazole rings is 1. The molecule has 0 spiro atoms. The number of nitrogens with zero attached hydrogens (tertiary/aromatic N) is 1. The maximum atomic E-state index is 12.1. The molecule has 1 aromatic heterocycles. The summed E-state index contributed by atoms with van der Waals surface area (Å²) < 4.78 is 0. The zero-order valence-corrected chi connectivity index (χ0v) is 12.5. The van der Waals surface area contributed by atoms with Crippen molar-refractivity contribution in [2.45, 2.75) is 19.9 Å². The van der Waals surface area contributed by atoms with Crippen LogP contribution in [0.25, 0.3) is 0 Å². The first-order valence-corrected chi connectivity index (χ1v) is 7.50. The molecule has 1 amide bonds. The first-order chi connectivity index (χ1) is 10.2. The molecule has 0 unspecified atom stereocenters. The molecule has 2 aromatic rings. The summed E-state index contributed by atoms with van der Waals surface area (Å²) >= 11 is 1.50. The first kappa shape index (κ1) is 15.2. The Bertz CT molecular complexity index is 669. The Morgan fingerprint density at radius 3 is 3.05 bits per heavy atom. The van der Waals surface area contributed by atoms with Gasteiger partial charge in [-0.05, 0) is 24.6 Å². The van der Waals surface area contributed by atoms with Gasteiger partial charge in [-0.15, -0.1) is 11.3 Å². The van der Waals surface area contributed by atoms with Crippen molar-refractivity contribution in [3.05, 3.63) is 51.5 Å². The van der Waals surface area contributed by atoms with Crippen molar-refractivity contribution in [1.29, 1.82) is 0 Å². The molecule has 2 N–H and O–H groups in total. The third kappa shape index (κ3) is 4.42. The number of carbonyl (C=O) groups excluding carboxylic acids is 1. The van der Waals surface area contributed by atoms with Crippen LogP contribution in [0.3, 0.4) is 0 Å². The monoisotopic (exact) mass is 300 g/mol. The smallest absolute Gasteiger partial charge is 0.251 e. The maximum absolute atomic E-state index is 12.1. The molecule has 0 bridgehead atoms. The Kier molecular flexibility index (Phi) is 5.50. The molecule has 0 aliphatic heterocycles. The fraction of sp³-hybridized carbons (Fsp3) is 0.250. The van der Waals surface area contributed by atoms with Gasteiger partial charge in [0.05, 0.1) is 24.4 Å². The van der Waals surface area contributed by atoms with Gasteiger partial charge in [0.1, 0.15) is 0 Å². The molecule has 0 fully saturated rings. The number of carbonyl (C=O) groups is 1. The van der Waals surface area contributed by atoms with Gasteiger partial charge in [-0.25, -0.2) is 4.98 Å². The van der Waals surface area contributed by atoms with E-state index in [1.54, 1.807) is 17.6 Å². The Morgan fingerprint density at radius 1 is 1.48 bits per heavy atom. The highest BCUT2D eigenvalue weighted by atomic mass is 32.1. The summed E-state index contributed by atoms with van der Waals surface area (Å²) in [6.45, 7) is 2.40. The summed E-state index contributed by atoms with van der Waals surface area (Å²) in [5, 5.41) is 13.5. The highest BCUT2D eigenvalue weighted by Gasteiger charge is 2.07. The van der Waals surface area contributed by atoms with E-state index in [-0.39, 0.29) is 12.5 Å². The van der Waals surface area contributed by atoms with E-state index in [0.717, 1.165) is 16.8 Å². The molecule has 21 heavy (non-hydrogen) atoms. The van der Waals surface area contributed by atoms with Crippen LogP contribution in [0, 0.1) is 18.8 Å². The lowest BCUT2D eigenvalue weighted by atomic mass is 10.0. The van der Waals surface area contributed by atoms with Crippen molar-refractivity contribution in [1.82, 2.24) is 10.3 Å². The molecule has 108 valence electrons. The van der Waals surface area contributed by atoms with E-state index in [0.29, 0.717) is 18.5 Å². The van der Waals surface area contributed by atoms with Gasteiger partial charge in [-0.2, -0.15) is 0 Å². The standard InChI is InChI=1S/C16H16N2O2S/c1-12-5-6-14(8-13(12)4-2-3-7-19)16(20)17-9-15-10-21-11-18-15/h5-6,8,10-11,19H,3,7,9H2,1H3,(H,17,20). The van der Waals surface area contributed by atoms with Crippen LogP contribution in [0.5, 0.6) is 0 Å². The van der Waals surface area contributed by atoms with E-state index in [2.05, 4.69) is 22.1 Å². The summed E-state index contributed by atoms with van der Waals surface area (Å²) in [7, 11) is 0. The van der Waals surface area contributed by atoms with Gasteiger partial charge in [-0.1, -0.05) is 17.9 Å². The molecule has 0 aliphatic rings. The minimum absolute atomic E-state index is 0.0415. The third-order valence-electron chi connectivity index (χ3n) is 2.87. The van der Waals surface area contributed by atoms with Crippen LogP contribution in [0.4, 0.5) is 0 Å². The zero-order chi connectivity index (χ0) is 15.1. The predicted molar refractivity (Wildman–Crippen MR) is 83.0 cm³/mol. The van der Waals surface area contributed by atoms with Crippen LogP contribution in [-0.4, -0.2) is 22.6 Å². The summed E-state index contributed by atoms with van der Waals surface area (Å²) in [5.74, 6) is 5.71. The van der Waals surface area contributed by atoms with E-state index < -0.39 is 0 Å². The second kappa shape index (κ2) is 7.58. The Hall–Kier alpha value is -2.16. The zero-order valence-electron chi connectivity index (χ0n) is 11.7. The molecule has 0 atom stereocenters. The molecular weight excluding hydrogens is 284 g/mol. The number of amides is 1. The van der Waals surface area contributed by atoms with Gasteiger partial charge < -0.3 is 10.4 Å². The van der Waals surface area contributed by atoms with Crippen molar-refractivity contribution < 1.29 is 9.90 Å². The van der Waals surface area contributed by atoms with Gasteiger partial charge >= 0.3 is 0 Å². The van der Waals surface area contributed by atoms with Crippen molar-refractivity contribution in [3.63, 3.8) is 0 Å². The van der Waals surface area contributed by atoms with Crippen molar-refractivity contribution in [3.8, 4) is 11.8 Å². The average Bonchev–Trinajstić information content (AvgIpc) is 3.00. The minimum Gasteiger partial charge on any atom is -0.395 e. The fourth-order valence-corrected chi connectivity index (χ4v) is 2.27. The van der Waals surface area contributed by atoms with E-state index in [1.165, 1.54) is 11.3 Å². The lowest BCUT2D eigenvalue weighted by Crippen LogP contribution is -2.23. The van der Waals surface area contributed by atoms with E-state index in [4.69, 9.17) is 5.11 Å². The van der Waals surface area contributed by atoms with Gasteiger partial charge in [0.15, 0.2) is 0 Å². The summed E-state index contributed by atoms with van der Waals surface area (Å²) in [4.78, 5) is 16.2. The molecule has 0 aliphatic carbocycles. The summed E-state index contributed by atoms with van der Waals surface area (Å²) in [6.07, 6.45) is 0.430. The lowest BCUT2D eigenvalue weighted by molar-refractivity contribution is 0.0950. The molecule has 0 saturated carbocycles. The Labute approximate surface area is 127 Å². The van der Waals surface area contributed by atoms with Crippen molar-refractivity contribution >= 4 is 17.2 Å². The fourth-order valence-electron chi connectivity index (χ4n) is 1.71. The Balaban J connectivity index is 2.07. The second-order valence-corrected chi connectivity index (χ2v) is 5.19. The van der Waals surface area contributed by atoms with Crippen LogP contribution in [0.1, 0.15) is 33.6 Å². The number of aliphatic hydroxyl groups is 1. The molecule has 1 aromatic carbocycles. The molecular formula is C16H16N2O2S. The van der Waals surface area contributed by atoms with Gasteiger partial charge in [-0.3, -0.25) is 4.79 Å². The van der Waals surface area contributed by atoms with Crippen LogP contribution in [0.15, 0.2) is 29.1 Å². The highest BCUT2D eigenvalue weighted by Crippen LogP contribution is 2.10. The van der Waals surface area contributed by atoms with Gasteiger partial charge in [0.2, 0.25) is 0 Å². The van der Waals surface area contributed by atoms with Crippen LogP contribution in [-0.2, 0) is 6.54 Å². The predicted octanol–water partition coefficient (Wildman–Crippen LogP) is 2.12. The number of benzene rings is 1. The number of hydrogen-bond donors (Lipinski definition) is 2. The molecule has 0 saturated heterocycles. The maximum Gasteiger partial charge on any atom is 0.251 e. The third-order valence-corrected chi connectivity index (χ3v) is 3.51. The van der Waals surface area contributed by atoms with Crippen LogP contribution >= 0.6 is 11.3 Å². The lowest BCUT2D eigenvalue weighted by Gasteiger charge is -2.05. The van der Waals surface area contributed by atoms with Gasteiger partial charge in [0, 0.05) is 22.9 Å². The quantitative estimate of drug-likeness (QED) is 0.850. The SMILES string of the molecule is Cc1ccc(C(=O)NCc2cscn2)cc1C#CCCO. The molecule has 4 nitrogen and oxygen atoms in total. The van der Waals surface area contributed by atoms with E-state index in [1.807, 2.05) is 18.4 Å². The average molecular weight is 300 g/mol. The highest BCUT2D eigenvalue weighted by molar-refractivity contribution is 7.07. The van der Waals surface area contributed by atoms with E-state index >= 15 is 0 Å². The van der Waals surface area contributed by atoms with Crippen LogP contribution in [0.2, 0.25) is 0 Å². The molecule has 1 heterocycles. The number of aryl methyl sites for hydroxylation is 1. The molecule has 0 radical (unpaired) electrons. The number of nitrogens with one attached hydrogen (secondary N) is 1.